The van der Waals surface area contributed by atoms with E-state index in [4.69, 9.17) is 0 Å². The van der Waals surface area contributed by atoms with E-state index in [1.165, 1.54) is 38.5 Å². The number of unbranched alkanes of at least 4 members (excludes halogenated alkanes) is 9. The largest absolute Gasteiger partial charge is 0.467 e. The monoisotopic (exact) mass is 400 g/mol. The highest BCUT2D eigenvalue weighted by molar-refractivity contribution is 6.04. The minimum absolute atomic E-state index is 0.0475. The van der Waals surface area contributed by atoms with Gasteiger partial charge in [0.05, 0.1) is 26.9 Å². The number of esters is 3. The molecule has 0 saturated heterocycles. The van der Waals surface area contributed by atoms with Crippen LogP contribution in [-0.2, 0) is 28.6 Å². The maximum atomic E-state index is 12.2. The molecule has 0 unspecified atom stereocenters. The number of ether oxygens (including phenoxy) is 3. The van der Waals surface area contributed by atoms with Crippen LogP contribution in [0.25, 0.3) is 0 Å². The molecule has 1 atom stereocenters. The molecule has 28 heavy (non-hydrogen) atoms. The minimum atomic E-state index is -2.25. The molecule has 0 aliphatic carbocycles. The summed E-state index contributed by atoms with van der Waals surface area (Å²) in [5, 5.41) is 10.9. The smallest absolute Gasteiger partial charge is 0.342 e. The van der Waals surface area contributed by atoms with E-state index in [1.54, 1.807) is 0 Å². The van der Waals surface area contributed by atoms with Gasteiger partial charge in [0.2, 0.25) is 0 Å². The van der Waals surface area contributed by atoms with Crippen molar-refractivity contribution in [1.82, 2.24) is 0 Å². The predicted octanol–water partition coefficient (Wildman–Crippen LogP) is 3.47. The van der Waals surface area contributed by atoms with Crippen molar-refractivity contribution in [3.8, 4) is 0 Å². The third-order valence-electron chi connectivity index (χ3n) is 4.73. The number of hydrogen-bond acceptors (Lipinski definition) is 7. The Morgan fingerprint density at radius 1 is 0.786 bits per heavy atom. The van der Waals surface area contributed by atoms with Crippen molar-refractivity contribution in [1.29, 1.82) is 0 Å². The van der Waals surface area contributed by atoms with Gasteiger partial charge in [-0.3, -0.25) is 0 Å². The van der Waals surface area contributed by atoms with Crippen molar-refractivity contribution in [3.05, 3.63) is 11.6 Å². The van der Waals surface area contributed by atoms with Crippen molar-refractivity contribution in [2.24, 2.45) is 0 Å². The van der Waals surface area contributed by atoms with E-state index in [9.17, 15) is 19.5 Å². The first kappa shape index (κ1) is 26.1. The highest BCUT2D eigenvalue weighted by Gasteiger charge is 2.45. The molecule has 0 aromatic heterocycles. The lowest BCUT2D eigenvalue weighted by molar-refractivity contribution is -0.162. The van der Waals surface area contributed by atoms with E-state index in [-0.39, 0.29) is 6.42 Å². The van der Waals surface area contributed by atoms with Gasteiger partial charge in [-0.15, -0.1) is 0 Å². The summed E-state index contributed by atoms with van der Waals surface area (Å²) in [6.07, 6.45) is 11.5. The molecular formula is C21H36O7. The van der Waals surface area contributed by atoms with E-state index in [0.717, 1.165) is 46.7 Å². The van der Waals surface area contributed by atoms with Crippen LogP contribution in [0.1, 0.15) is 77.6 Å². The van der Waals surface area contributed by atoms with Gasteiger partial charge in [0.1, 0.15) is 0 Å². The van der Waals surface area contributed by atoms with Gasteiger partial charge >= 0.3 is 17.9 Å². The Bertz CT molecular complexity index is 513. The quantitative estimate of drug-likeness (QED) is 0.194. The lowest BCUT2D eigenvalue weighted by Crippen LogP contribution is -2.45. The lowest BCUT2D eigenvalue weighted by atomic mass is 9.87. The molecule has 7 heteroatoms. The summed E-state index contributed by atoms with van der Waals surface area (Å²) in [5.74, 6) is -2.86. The Labute approximate surface area is 168 Å². The predicted molar refractivity (Wildman–Crippen MR) is 106 cm³/mol. The number of methoxy groups -OCH3 is 3. The van der Waals surface area contributed by atoms with E-state index in [1.807, 2.05) is 0 Å². The van der Waals surface area contributed by atoms with Crippen LogP contribution >= 0.6 is 0 Å². The maximum absolute atomic E-state index is 12.2. The molecule has 0 saturated carbocycles. The average molecular weight is 401 g/mol. The summed E-state index contributed by atoms with van der Waals surface area (Å²) in [5.41, 5.74) is -2.74. The van der Waals surface area contributed by atoms with Gasteiger partial charge in [0.25, 0.3) is 0 Å². The molecule has 162 valence electrons. The molecule has 0 aromatic carbocycles. The Hall–Kier alpha value is -1.89. The molecule has 0 aliphatic rings. The molecule has 0 aromatic rings. The number of carbonyl (C=O) groups excluding carboxylic acids is 3. The van der Waals surface area contributed by atoms with Crippen LogP contribution in [0.15, 0.2) is 11.6 Å². The zero-order chi connectivity index (χ0) is 21.4. The molecule has 0 bridgehead atoms. The lowest BCUT2D eigenvalue weighted by Gasteiger charge is -2.26. The zero-order valence-electron chi connectivity index (χ0n) is 17.8. The maximum Gasteiger partial charge on any atom is 0.342 e. The molecule has 7 nitrogen and oxygen atoms in total. The van der Waals surface area contributed by atoms with Crippen molar-refractivity contribution < 1.29 is 33.7 Å². The van der Waals surface area contributed by atoms with Crippen LogP contribution in [0.2, 0.25) is 0 Å². The van der Waals surface area contributed by atoms with Crippen LogP contribution in [0.4, 0.5) is 0 Å². The summed E-state index contributed by atoms with van der Waals surface area (Å²) in [4.78, 5) is 35.8. The van der Waals surface area contributed by atoms with Gasteiger partial charge in [-0.2, -0.15) is 0 Å². The second-order valence-electron chi connectivity index (χ2n) is 6.86. The summed E-state index contributed by atoms with van der Waals surface area (Å²) >= 11 is 0. The summed E-state index contributed by atoms with van der Waals surface area (Å²) in [7, 11) is 3.34. The van der Waals surface area contributed by atoms with Crippen LogP contribution in [-0.4, -0.2) is 49.9 Å². The fourth-order valence-corrected chi connectivity index (χ4v) is 3.02. The molecule has 0 rings (SSSR count). The van der Waals surface area contributed by atoms with E-state index >= 15 is 0 Å². The minimum Gasteiger partial charge on any atom is -0.467 e. The van der Waals surface area contributed by atoms with Crippen LogP contribution in [0, 0.1) is 0 Å². The number of rotatable bonds is 15. The third kappa shape index (κ3) is 9.35. The fourth-order valence-electron chi connectivity index (χ4n) is 3.02. The molecule has 0 radical (unpaired) electrons. The molecule has 0 fully saturated rings. The molecule has 0 aliphatic heterocycles. The van der Waals surface area contributed by atoms with Crippen molar-refractivity contribution >= 4 is 17.9 Å². The molecule has 0 spiro atoms. The normalized spacial score (nSPS) is 13.5. The number of carbonyl (C=O) groups is 3. The Morgan fingerprint density at radius 3 is 1.71 bits per heavy atom. The highest BCUT2D eigenvalue weighted by atomic mass is 16.5. The average Bonchev–Trinajstić information content (AvgIpc) is 2.71. The van der Waals surface area contributed by atoms with E-state index in [0.29, 0.717) is 6.42 Å². The Balaban J connectivity index is 4.75. The second-order valence-corrected chi connectivity index (χ2v) is 6.86. The van der Waals surface area contributed by atoms with Gasteiger partial charge in [0.15, 0.2) is 5.60 Å². The first-order valence-corrected chi connectivity index (χ1v) is 10.1. The molecular weight excluding hydrogens is 364 g/mol. The fraction of sp³-hybridized carbons (Fsp3) is 0.762. The van der Waals surface area contributed by atoms with Crippen LogP contribution in [0.5, 0.6) is 0 Å². The first-order valence-electron chi connectivity index (χ1n) is 10.1. The number of hydrogen-bond donors (Lipinski definition) is 1. The van der Waals surface area contributed by atoms with Crippen LogP contribution in [0.3, 0.4) is 0 Å². The zero-order valence-corrected chi connectivity index (χ0v) is 17.8. The van der Waals surface area contributed by atoms with Crippen LogP contribution < -0.4 is 0 Å². The van der Waals surface area contributed by atoms with Crippen molar-refractivity contribution in [2.75, 3.05) is 21.3 Å². The first-order chi connectivity index (χ1) is 13.4. The summed E-state index contributed by atoms with van der Waals surface area (Å²) < 4.78 is 13.8. The SMILES string of the molecule is CCCCCCCCCCCC[C@](O)(C(=O)OC)/C(=C/C(=O)OC)C(=O)OC. The van der Waals surface area contributed by atoms with E-state index < -0.39 is 29.1 Å². The third-order valence-corrected chi connectivity index (χ3v) is 4.73. The van der Waals surface area contributed by atoms with Crippen molar-refractivity contribution in [3.63, 3.8) is 0 Å². The van der Waals surface area contributed by atoms with Gasteiger partial charge in [0, 0.05) is 6.08 Å². The summed E-state index contributed by atoms with van der Waals surface area (Å²) in [6, 6.07) is 0. The van der Waals surface area contributed by atoms with Gasteiger partial charge < -0.3 is 19.3 Å². The molecule has 0 heterocycles. The van der Waals surface area contributed by atoms with Crippen molar-refractivity contribution in [2.45, 2.75) is 83.2 Å². The van der Waals surface area contributed by atoms with Gasteiger partial charge in [-0.1, -0.05) is 64.7 Å². The van der Waals surface area contributed by atoms with Gasteiger partial charge in [-0.05, 0) is 12.8 Å². The number of aliphatic hydroxyl groups is 1. The Morgan fingerprint density at radius 2 is 1.29 bits per heavy atom. The highest BCUT2D eigenvalue weighted by Crippen LogP contribution is 2.27. The topological polar surface area (TPSA) is 99.1 Å². The standard InChI is InChI=1S/C21H36O7/c1-5-6-7-8-9-10-11-12-13-14-15-21(25,20(24)28-4)17(19(23)27-3)16-18(22)26-2/h16,25H,5-15H2,1-4H3/b17-16+/t21-/m1/s1. The van der Waals surface area contributed by atoms with E-state index in [2.05, 4.69) is 21.1 Å². The second kappa shape index (κ2) is 15.1. The Kier molecular flexibility index (Phi) is 14.1. The molecule has 0 amide bonds. The van der Waals surface area contributed by atoms with Gasteiger partial charge in [-0.25, -0.2) is 14.4 Å². The molecule has 1 N–H and O–H groups in total. The summed E-state index contributed by atoms with van der Waals surface area (Å²) in [6.45, 7) is 2.20.